The van der Waals surface area contributed by atoms with Crippen molar-refractivity contribution in [3.63, 3.8) is 0 Å². The molecule has 3 rings (SSSR count). The first-order chi connectivity index (χ1) is 9.79. The molecule has 20 heavy (non-hydrogen) atoms. The predicted octanol–water partition coefficient (Wildman–Crippen LogP) is 2.32. The normalized spacial score (nSPS) is 16.9. The summed E-state index contributed by atoms with van der Waals surface area (Å²) in [6.45, 7) is 3.05. The van der Waals surface area contributed by atoms with Crippen molar-refractivity contribution in [1.29, 1.82) is 0 Å². The van der Waals surface area contributed by atoms with Crippen molar-refractivity contribution in [2.75, 3.05) is 6.61 Å². The Morgan fingerprint density at radius 2 is 2.20 bits per heavy atom. The summed E-state index contributed by atoms with van der Waals surface area (Å²) in [5.41, 5.74) is 0. The topological polar surface area (TPSA) is 53.4 Å². The number of ketones is 1. The van der Waals surface area contributed by atoms with E-state index < -0.39 is 6.10 Å². The molecule has 1 atom stereocenters. The Kier molecular flexibility index (Phi) is 3.41. The molecular weight excluding hydrogens is 256 g/mol. The molecule has 0 saturated carbocycles. The minimum absolute atomic E-state index is 0.141. The molecule has 5 nitrogen and oxygen atoms in total. The van der Waals surface area contributed by atoms with Gasteiger partial charge in [0.1, 0.15) is 6.61 Å². The lowest BCUT2D eigenvalue weighted by Gasteiger charge is -2.25. The molecule has 5 heteroatoms. The Morgan fingerprint density at radius 1 is 1.40 bits per heavy atom. The van der Waals surface area contributed by atoms with E-state index in [1.165, 1.54) is 0 Å². The van der Waals surface area contributed by atoms with Gasteiger partial charge >= 0.3 is 0 Å². The molecule has 1 aromatic carbocycles. The maximum absolute atomic E-state index is 12.5. The Labute approximate surface area is 117 Å². The summed E-state index contributed by atoms with van der Waals surface area (Å²) < 4.78 is 13.1. The Hall–Kier alpha value is -2.30. The highest BCUT2D eigenvalue weighted by Gasteiger charge is 2.30. The van der Waals surface area contributed by atoms with Gasteiger partial charge in [-0.05, 0) is 18.6 Å². The molecule has 0 spiro atoms. The summed E-state index contributed by atoms with van der Waals surface area (Å²) in [4.78, 5) is 16.6. The van der Waals surface area contributed by atoms with Crippen LogP contribution >= 0.6 is 0 Å². The SMILES string of the molecule is CCCn1ccnc1C(=O)C1COc2ccccc2O1. The molecule has 1 unspecified atom stereocenters. The third-order valence-corrected chi connectivity index (χ3v) is 3.20. The monoisotopic (exact) mass is 272 g/mol. The number of carbonyl (C=O) groups excluding carboxylic acids is 1. The summed E-state index contributed by atoms with van der Waals surface area (Å²) in [5.74, 6) is 1.57. The van der Waals surface area contributed by atoms with E-state index in [0.717, 1.165) is 13.0 Å². The maximum atomic E-state index is 12.5. The van der Waals surface area contributed by atoms with Crippen LogP contribution in [0.3, 0.4) is 0 Å². The number of benzene rings is 1. The number of hydrogen-bond acceptors (Lipinski definition) is 4. The Balaban J connectivity index is 1.80. The Morgan fingerprint density at radius 3 is 3.00 bits per heavy atom. The standard InChI is InChI=1S/C15H16N2O3/c1-2-8-17-9-7-16-15(17)14(18)13-10-19-11-5-3-4-6-12(11)20-13/h3-7,9,13H,2,8,10H2,1H3. The zero-order chi connectivity index (χ0) is 13.9. The smallest absolute Gasteiger partial charge is 0.242 e. The number of Topliss-reactive ketones (excluding diaryl/α,β-unsaturated/α-hetero) is 1. The number of aryl methyl sites for hydroxylation is 1. The summed E-state index contributed by atoms with van der Waals surface area (Å²) in [7, 11) is 0. The van der Waals surface area contributed by atoms with Gasteiger partial charge in [-0.25, -0.2) is 4.98 Å². The van der Waals surface area contributed by atoms with Crippen molar-refractivity contribution in [3.05, 3.63) is 42.5 Å². The quantitative estimate of drug-likeness (QED) is 0.801. The summed E-state index contributed by atoms with van der Waals surface area (Å²) in [6.07, 6.45) is 3.76. The van der Waals surface area contributed by atoms with E-state index in [1.807, 2.05) is 29.0 Å². The van der Waals surface area contributed by atoms with Crippen LogP contribution in [0.1, 0.15) is 24.0 Å². The zero-order valence-corrected chi connectivity index (χ0v) is 11.3. The van der Waals surface area contributed by atoms with Gasteiger partial charge in [0.05, 0.1) is 0 Å². The van der Waals surface area contributed by atoms with Gasteiger partial charge in [0.25, 0.3) is 0 Å². The second kappa shape index (κ2) is 5.36. The number of aromatic nitrogens is 2. The predicted molar refractivity (Wildman–Crippen MR) is 73.2 cm³/mol. The van der Waals surface area contributed by atoms with Crippen LogP contribution < -0.4 is 9.47 Å². The minimum Gasteiger partial charge on any atom is -0.485 e. The second-order valence-corrected chi connectivity index (χ2v) is 4.67. The largest absolute Gasteiger partial charge is 0.485 e. The van der Waals surface area contributed by atoms with Crippen LogP contribution in [0.4, 0.5) is 0 Å². The van der Waals surface area contributed by atoms with E-state index in [4.69, 9.17) is 9.47 Å². The molecule has 0 saturated heterocycles. The summed E-state index contributed by atoms with van der Waals surface area (Å²) in [5, 5.41) is 0. The van der Waals surface area contributed by atoms with E-state index in [2.05, 4.69) is 11.9 Å². The van der Waals surface area contributed by atoms with Crippen molar-refractivity contribution in [3.8, 4) is 11.5 Å². The molecular formula is C15H16N2O3. The van der Waals surface area contributed by atoms with Crippen LogP contribution in [0.2, 0.25) is 0 Å². The number of hydrogen-bond donors (Lipinski definition) is 0. The average Bonchev–Trinajstić information content (AvgIpc) is 2.94. The lowest BCUT2D eigenvalue weighted by molar-refractivity contribution is 0.0571. The molecule has 2 heterocycles. The molecule has 1 aromatic heterocycles. The van der Waals surface area contributed by atoms with E-state index in [9.17, 15) is 4.79 Å². The van der Waals surface area contributed by atoms with Crippen LogP contribution in [0.5, 0.6) is 11.5 Å². The first-order valence-electron chi connectivity index (χ1n) is 6.73. The Bertz CT molecular complexity index is 621. The van der Waals surface area contributed by atoms with Crippen molar-refractivity contribution in [2.24, 2.45) is 0 Å². The van der Waals surface area contributed by atoms with Gasteiger partial charge in [-0.2, -0.15) is 0 Å². The van der Waals surface area contributed by atoms with E-state index in [-0.39, 0.29) is 12.4 Å². The second-order valence-electron chi connectivity index (χ2n) is 4.67. The summed E-state index contributed by atoms with van der Waals surface area (Å²) >= 11 is 0. The number of rotatable bonds is 4. The van der Waals surface area contributed by atoms with Gasteiger partial charge in [-0.1, -0.05) is 19.1 Å². The highest BCUT2D eigenvalue weighted by atomic mass is 16.6. The van der Waals surface area contributed by atoms with Crippen molar-refractivity contribution in [1.82, 2.24) is 9.55 Å². The van der Waals surface area contributed by atoms with Gasteiger partial charge in [-0.3, -0.25) is 4.79 Å². The number of imidazole rings is 1. The highest BCUT2D eigenvalue weighted by molar-refractivity contribution is 5.97. The molecule has 0 aliphatic carbocycles. The average molecular weight is 272 g/mol. The first kappa shape index (κ1) is 12.7. The lowest BCUT2D eigenvalue weighted by atomic mass is 10.2. The summed E-state index contributed by atoms with van der Waals surface area (Å²) in [6, 6.07) is 7.35. The van der Waals surface area contributed by atoms with Gasteiger partial charge in [0.15, 0.2) is 23.4 Å². The van der Waals surface area contributed by atoms with Gasteiger partial charge < -0.3 is 14.0 Å². The lowest BCUT2D eigenvalue weighted by Crippen LogP contribution is -2.38. The molecule has 0 bridgehead atoms. The third-order valence-electron chi connectivity index (χ3n) is 3.20. The molecule has 1 aliphatic rings. The van der Waals surface area contributed by atoms with Gasteiger partial charge in [-0.15, -0.1) is 0 Å². The minimum atomic E-state index is -0.636. The van der Waals surface area contributed by atoms with Crippen LogP contribution in [-0.4, -0.2) is 28.0 Å². The number of nitrogens with zero attached hydrogens (tertiary/aromatic N) is 2. The fraction of sp³-hybridized carbons (Fsp3) is 0.333. The molecule has 0 radical (unpaired) electrons. The van der Waals surface area contributed by atoms with Crippen LogP contribution in [0.15, 0.2) is 36.7 Å². The van der Waals surface area contributed by atoms with Crippen LogP contribution in [-0.2, 0) is 6.54 Å². The van der Waals surface area contributed by atoms with Crippen molar-refractivity contribution < 1.29 is 14.3 Å². The fourth-order valence-corrected chi connectivity index (χ4v) is 2.25. The van der Waals surface area contributed by atoms with E-state index in [1.54, 1.807) is 12.3 Å². The highest BCUT2D eigenvalue weighted by Crippen LogP contribution is 2.31. The number of carbonyl (C=O) groups is 1. The van der Waals surface area contributed by atoms with E-state index in [0.29, 0.717) is 17.3 Å². The third kappa shape index (κ3) is 2.27. The molecule has 0 fully saturated rings. The maximum Gasteiger partial charge on any atom is 0.242 e. The van der Waals surface area contributed by atoms with Crippen LogP contribution in [0.25, 0.3) is 0 Å². The molecule has 1 aliphatic heterocycles. The molecule has 104 valence electrons. The first-order valence-corrected chi connectivity index (χ1v) is 6.73. The molecule has 0 amide bonds. The number of fused-ring (bicyclic) bond motifs is 1. The van der Waals surface area contributed by atoms with E-state index >= 15 is 0 Å². The number of ether oxygens (including phenoxy) is 2. The van der Waals surface area contributed by atoms with Crippen molar-refractivity contribution >= 4 is 5.78 Å². The molecule has 2 aromatic rings. The van der Waals surface area contributed by atoms with Crippen LogP contribution in [0, 0.1) is 0 Å². The fourth-order valence-electron chi connectivity index (χ4n) is 2.25. The molecule has 0 N–H and O–H groups in total. The van der Waals surface area contributed by atoms with Gasteiger partial charge in [0.2, 0.25) is 5.78 Å². The van der Waals surface area contributed by atoms with Gasteiger partial charge in [0, 0.05) is 18.9 Å². The number of para-hydroxylation sites is 2. The zero-order valence-electron chi connectivity index (χ0n) is 11.3. The van der Waals surface area contributed by atoms with Crippen molar-refractivity contribution in [2.45, 2.75) is 26.0 Å².